The lowest BCUT2D eigenvalue weighted by Gasteiger charge is -2.42. The van der Waals surface area contributed by atoms with Gasteiger partial charge in [-0.05, 0) is 74.8 Å². The Kier molecular flexibility index (Phi) is 7.82. The fourth-order valence-corrected chi connectivity index (χ4v) is 5.61. The van der Waals surface area contributed by atoms with Crippen molar-refractivity contribution in [3.63, 3.8) is 0 Å². The summed E-state index contributed by atoms with van der Waals surface area (Å²) in [5.74, 6) is -0.240. The van der Waals surface area contributed by atoms with Crippen molar-refractivity contribution < 1.29 is 14.4 Å². The first-order chi connectivity index (χ1) is 17.4. The van der Waals surface area contributed by atoms with E-state index in [9.17, 15) is 14.4 Å². The highest BCUT2D eigenvalue weighted by atomic mass is 16.2. The minimum atomic E-state index is -0.683. The van der Waals surface area contributed by atoms with Gasteiger partial charge in [-0.2, -0.15) is 0 Å². The van der Waals surface area contributed by atoms with Gasteiger partial charge >= 0.3 is 0 Å². The second kappa shape index (κ2) is 11.0. The maximum Gasteiger partial charge on any atom is 0.253 e. The maximum absolute atomic E-state index is 13.5. The smallest absolute Gasteiger partial charge is 0.253 e. The normalized spacial score (nSPS) is 20.8. The van der Waals surface area contributed by atoms with Crippen molar-refractivity contribution in [3.8, 4) is 0 Å². The zero-order valence-electron chi connectivity index (χ0n) is 21.4. The predicted octanol–water partition coefficient (Wildman–Crippen LogP) is 4.65. The van der Waals surface area contributed by atoms with Crippen molar-refractivity contribution in [1.82, 2.24) is 15.2 Å². The number of rotatable bonds is 8. The van der Waals surface area contributed by atoms with Gasteiger partial charge in [0.05, 0.1) is 16.9 Å². The standard InChI is InChI=1S/C30H35N3O3/c1-21-24(14-9-18-31-21)28(35)32-19-10-20-33(3)29(36)26-16-17-30(22(2)34,23-11-5-4-6-12-23)27-15-8-7-13-25(26)27/h5,7-9,11-15,18,26H,4,6,10,16-17,19-20H2,1-3H3,(H,32,35)/t26-,30+/m1/s1. The Bertz CT molecular complexity index is 1220. The maximum atomic E-state index is 13.5. The number of nitrogens with one attached hydrogen (secondary N) is 1. The summed E-state index contributed by atoms with van der Waals surface area (Å²) in [5, 5.41) is 2.92. The van der Waals surface area contributed by atoms with Crippen LogP contribution in [0.3, 0.4) is 0 Å². The van der Waals surface area contributed by atoms with Crippen LogP contribution < -0.4 is 5.32 Å². The van der Waals surface area contributed by atoms with Crippen LogP contribution in [0.15, 0.2) is 66.4 Å². The van der Waals surface area contributed by atoms with Gasteiger partial charge in [0.25, 0.3) is 5.91 Å². The fourth-order valence-electron chi connectivity index (χ4n) is 5.61. The van der Waals surface area contributed by atoms with Crippen molar-refractivity contribution >= 4 is 17.6 Å². The van der Waals surface area contributed by atoms with Gasteiger partial charge in [-0.1, -0.05) is 42.5 Å². The van der Waals surface area contributed by atoms with Crippen molar-refractivity contribution in [1.29, 1.82) is 0 Å². The third kappa shape index (κ3) is 4.90. The zero-order valence-corrected chi connectivity index (χ0v) is 21.4. The molecule has 188 valence electrons. The van der Waals surface area contributed by atoms with Gasteiger partial charge in [0.15, 0.2) is 0 Å². The van der Waals surface area contributed by atoms with Crippen LogP contribution >= 0.6 is 0 Å². The van der Waals surface area contributed by atoms with Crippen molar-refractivity contribution in [3.05, 3.63) is 88.8 Å². The van der Waals surface area contributed by atoms with Crippen LogP contribution in [0.5, 0.6) is 0 Å². The molecule has 0 bridgehead atoms. The van der Waals surface area contributed by atoms with Gasteiger partial charge in [-0.3, -0.25) is 19.4 Å². The van der Waals surface area contributed by atoms with E-state index < -0.39 is 5.41 Å². The Morgan fingerprint density at radius 2 is 1.94 bits per heavy atom. The Labute approximate surface area is 213 Å². The molecule has 0 saturated heterocycles. The molecule has 0 radical (unpaired) electrons. The van der Waals surface area contributed by atoms with Gasteiger partial charge in [0.1, 0.15) is 5.78 Å². The first kappa shape index (κ1) is 25.5. The molecule has 0 saturated carbocycles. The molecule has 1 N–H and O–H groups in total. The number of nitrogens with zero attached hydrogens (tertiary/aromatic N) is 2. The summed E-state index contributed by atoms with van der Waals surface area (Å²) in [4.78, 5) is 45.0. The number of hydrogen-bond acceptors (Lipinski definition) is 4. The number of hydrogen-bond donors (Lipinski definition) is 1. The second-order valence-corrected chi connectivity index (χ2v) is 9.78. The highest BCUT2D eigenvalue weighted by Crippen LogP contribution is 2.49. The van der Waals surface area contributed by atoms with Crippen LogP contribution in [0.25, 0.3) is 0 Å². The number of fused-ring (bicyclic) bond motifs is 1. The lowest BCUT2D eigenvalue weighted by atomic mass is 9.60. The Hall–Kier alpha value is -3.54. The average molecular weight is 486 g/mol. The minimum Gasteiger partial charge on any atom is -0.352 e. The number of allylic oxidation sites excluding steroid dienone is 4. The van der Waals surface area contributed by atoms with Crippen LogP contribution in [0, 0.1) is 6.92 Å². The molecule has 6 heteroatoms. The summed E-state index contributed by atoms with van der Waals surface area (Å²) in [7, 11) is 1.82. The predicted molar refractivity (Wildman–Crippen MR) is 141 cm³/mol. The molecule has 0 aliphatic heterocycles. The molecule has 1 heterocycles. The van der Waals surface area contributed by atoms with E-state index in [0.717, 1.165) is 29.5 Å². The molecule has 0 fully saturated rings. The fraction of sp³-hybridized carbons (Fsp3) is 0.400. The first-order valence-corrected chi connectivity index (χ1v) is 12.8. The number of pyridine rings is 1. The molecule has 2 aliphatic rings. The van der Waals surface area contributed by atoms with E-state index in [-0.39, 0.29) is 23.5 Å². The van der Waals surface area contributed by atoms with E-state index in [4.69, 9.17) is 0 Å². The van der Waals surface area contributed by atoms with Crippen molar-refractivity contribution in [2.75, 3.05) is 20.1 Å². The van der Waals surface area contributed by atoms with Gasteiger partial charge < -0.3 is 10.2 Å². The minimum absolute atomic E-state index is 0.0576. The van der Waals surface area contributed by atoms with Crippen LogP contribution in [-0.2, 0) is 15.0 Å². The van der Waals surface area contributed by atoms with Gasteiger partial charge in [0, 0.05) is 32.0 Å². The topological polar surface area (TPSA) is 79.4 Å². The van der Waals surface area contributed by atoms with Gasteiger partial charge in [-0.25, -0.2) is 0 Å². The molecule has 4 rings (SSSR count). The van der Waals surface area contributed by atoms with Crippen molar-refractivity contribution in [2.24, 2.45) is 0 Å². The summed E-state index contributed by atoms with van der Waals surface area (Å²) in [5.41, 5.74) is 3.56. The summed E-state index contributed by atoms with van der Waals surface area (Å²) in [6.07, 6.45) is 11.9. The number of aromatic nitrogens is 1. The van der Waals surface area contributed by atoms with Crippen molar-refractivity contribution in [2.45, 2.75) is 57.3 Å². The number of ketones is 1. The van der Waals surface area contributed by atoms with E-state index in [1.807, 2.05) is 38.2 Å². The summed E-state index contributed by atoms with van der Waals surface area (Å²) in [6, 6.07) is 11.5. The lowest BCUT2D eigenvalue weighted by molar-refractivity contribution is -0.132. The number of likely N-dealkylation sites (N-methyl/N-ethyl adjacent to an activating group) is 1. The Morgan fingerprint density at radius 3 is 2.67 bits per heavy atom. The lowest BCUT2D eigenvalue weighted by Crippen LogP contribution is -2.44. The summed E-state index contributed by atoms with van der Waals surface area (Å²) in [6.45, 7) is 4.50. The number of amides is 2. The molecular formula is C30H35N3O3. The summed E-state index contributed by atoms with van der Waals surface area (Å²) < 4.78 is 0. The third-order valence-electron chi connectivity index (χ3n) is 7.57. The van der Waals surface area contributed by atoms with Crippen LogP contribution in [0.4, 0.5) is 0 Å². The monoisotopic (exact) mass is 485 g/mol. The molecule has 1 aromatic carbocycles. The van der Waals surface area contributed by atoms with Gasteiger partial charge in [0.2, 0.25) is 5.91 Å². The largest absolute Gasteiger partial charge is 0.352 e. The number of aryl methyl sites for hydroxylation is 1. The number of carbonyl (C=O) groups excluding carboxylic acids is 3. The van der Waals surface area contributed by atoms with Crippen LogP contribution in [0.1, 0.15) is 72.1 Å². The SMILES string of the molecule is CC(=O)[C@]1(C2=CCCC=C2)CC[C@@H](C(=O)N(C)CCCNC(=O)c2cccnc2C)c2ccccc21. The van der Waals surface area contributed by atoms with Crippen LogP contribution in [0.2, 0.25) is 0 Å². The number of carbonyl (C=O) groups is 3. The van der Waals surface area contributed by atoms with E-state index in [2.05, 4.69) is 28.5 Å². The number of Topliss-reactive ketones (excluding diaryl/α,β-unsaturated/α-hetero) is 1. The third-order valence-corrected chi connectivity index (χ3v) is 7.57. The molecule has 2 atom stereocenters. The first-order valence-electron chi connectivity index (χ1n) is 12.8. The Balaban J connectivity index is 1.44. The average Bonchev–Trinajstić information content (AvgIpc) is 2.90. The second-order valence-electron chi connectivity index (χ2n) is 9.78. The highest BCUT2D eigenvalue weighted by Gasteiger charge is 2.47. The molecule has 2 aromatic rings. The molecule has 2 amide bonds. The molecule has 6 nitrogen and oxygen atoms in total. The van der Waals surface area contributed by atoms with E-state index in [1.54, 1.807) is 30.2 Å². The van der Waals surface area contributed by atoms with E-state index in [0.29, 0.717) is 43.6 Å². The molecular weight excluding hydrogens is 450 g/mol. The summed E-state index contributed by atoms with van der Waals surface area (Å²) >= 11 is 0. The Morgan fingerprint density at radius 1 is 1.14 bits per heavy atom. The van der Waals surface area contributed by atoms with E-state index >= 15 is 0 Å². The van der Waals surface area contributed by atoms with Crippen LogP contribution in [-0.4, -0.2) is 47.6 Å². The quantitative estimate of drug-likeness (QED) is 0.552. The molecule has 1 aromatic heterocycles. The molecule has 0 spiro atoms. The molecule has 2 aliphatic carbocycles. The van der Waals surface area contributed by atoms with Gasteiger partial charge in [-0.15, -0.1) is 0 Å². The number of benzene rings is 1. The highest BCUT2D eigenvalue weighted by molar-refractivity contribution is 5.96. The molecule has 0 unspecified atom stereocenters. The zero-order chi connectivity index (χ0) is 25.7. The molecule has 36 heavy (non-hydrogen) atoms. The van der Waals surface area contributed by atoms with E-state index in [1.165, 1.54) is 0 Å².